The number of hydrogen-bond acceptors (Lipinski definition) is 3. The van der Waals surface area contributed by atoms with Crippen molar-refractivity contribution in [2.45, 2.75) is 25.2 Å². The van der Waals surface area contributed by atoms with Crippen LogP contribution < -0.4 is 0 Å². The first-order valence-corrected chi connectivity index (χ1v) is 5.92. The van der Waals surface area contributed by atoms with Gasteiger partial charge in [-0.25, -0.2) is 4.39 Å². The summed E-state index contributed by atoms with van der Waals surface area (Å²) in [5.74, 6) is -0.342. The molecule has 17 heavy (non-hydrogen) atoms. The van der Waals surface area contributed by atoms with Gasteiger partial charge in [0.15, 0.2) is 6.29 Å². The number of ether oxygens (including phenoxy) is 2. The van der Waals surface area contributed by atoms with Crippen molar-refractivity contribution in [3.63, 3.8) is 0 Å². The van der Waals surface area contributed by atoms with E-state index in [1.807, 2.05) is 0 Å². The molecule has 1 aromatic carbocycles. The van der Waals surface area contributed by atoms with Gasteiger partial charge in [-0.15, -0.1) is 0 Å². The Morgan fingerprint density at radius 3 is 2.53 bits per heavy atom. The fraction of sp³-hybridized carbons (Fsp3) is 0.500. The Bertz CT molecular complexity index is 378. The van der Waals surface area contributed by atoms with Crippen LogP contribution in [0.2, 0.25) is 0 Å². The predicted molar refractivity (Wildman–Crippen MR) is 66.2 cm³/mol. The summed E-state index contributed by atoms with van der Waals surface area (Å²) in [4.78, 5) is 0. The van der Waals surface area contributed by atoms with E-state index in [-0.39, 0.29) is 12.2 Å². The number of rotatable bonds is 5. The molecule has 96 valence electrons. The van der Waals surface area contributed by atoms with Crippen LogP contribution in [0.15, 0.2) is 22.7 Å². The summed E-state index contributed by atoms with van der Waals surface area (Å²) in [6.07, 6.45) is -0.546. The maximum absolute atomic E-state index is 13.1. The highest BCUT2D eigenvalue weighted by molar-refractivity contribution is 9.10. The molecule has 0 saturated heterocycles. The average Bonchev–Trinajstić information content (AvgIpc) is 2.24. The van der Waals surface area contributed by atoms with Crippen molar-refractivity contribution < 1.29 is 19.0 Å². The zero-order valence-electron chi connectivity index (χ0n) is 10.0. The maximum Gasteiger partial charge on any atom is 0.185 e. The zero-order valence-corrected chi connectivity index (χ0v) is 11.6. The molecule has 5 heteroatoms. The minimum absolute atomic E-state index is 0.220. The highest BCUT2D eigenvalue weighted by Crippen LogP contribution is 2.25. The molecule has 1 N–H and O–H groups in total. The van der Waals surface area contributed by atoms with Gasteiger partial charge in [0.2, 0.25) is 0 Å². The van der Waals surface area contributed by atoms with Crippen LogP contribution in [-0.2, 0) is 15.9 Å². The fourth-order valence-electron chi connectivity index (χ4n) is 1.75. The lowest BCUT2D eigenvalue weighted by atomic mass is 9.96. The number of aliphatic hydroxyl groups is 1. The standard InChI is InChI=1S/C12H16BrFO3/c1-12(15,11(16-2)17-3)7-8-6-9(14)4-5-10(8)13/h4-6,11,15H,7H2,1-3H3. The molecule has 1 atom stereocenters. The van der Waals surface area contributed by atoms with E-state index in [1.54, 1.807) is 13.0 Å². The topological polar surface area (TPSA) is 38.7 Å². The SMILES string of the molecule is COC(OC)C(C)(O)Cc1cc(F)ccc1Br. The fourth-order valence-corrected chi connectivity index (χ4v) is 2.14. The van der Waals surface area contributed by atoms with Gasteiger partial charge in [-0.05, 0) is 30.7 Å². The van der Waals surface area contributed by atoms with E-state index in [9.17, 15) is 9.50 Å². The molecule has 0 heterocycles. The molecule has 1 unspecified atom stereocenters. The Kier molecular flexibility index (Phi) is 5.06. The molecular weight excluding hydrogens is 291 g/mol. The molecule has 0 fully saturated rings. The third kappa shape index (κ3) is 3.74. The monoisotopic (exact) mass is 306 g/mol. The largest absolute Gasteiger partial charge is 0.385 e. The van der Waals surface area contributed by atoms with Crippen LogP contribution in [0.1, 0.15) is 12.5 Å². The molecule has 0 saturated carbocycles. The minimum atomic E-state index is -1.24. The Hall–Kier alpha value is -0.490. The van der Waals surface area contributed by atoms with Gasteiger partial charge >= 0.3 is 0 Å². The summed E-state index contributed by atoms with van der Waals surface area (Å²) in [7, 11) is 2.90. The molecule has 0 spiro atoms. The van der Waals surface area contributed by atoms with Gasteiger partial charge in [0, 0.05) is 25.1 Å². The van der Waals surface area contributed by atoms with Gasteiger partial charge in [-0.1, -0.05) is 15.9 Å². The van der Waals surface area contributed by atoms with E-state index < -0.39 is 11.9 Å². The van der Waals surface area contributed by atoms with Gasteiger partial charge in [0.25, 0.3) is 0 Å². The lowest BCUT2D eigenvalue weighted by Crippen LogP contribution is -2.43. The number of methoxy groups -OCH3 is 2. The summed E-state index contributed by atoms with van der Waals surface area (Å²) in [6, 6.07) is 4.34. The maximum atomic E-state index is 13.1. The summed E-state index contributed by atoms with van der Waals surface area (Å²) in [5, 5.41) is 10.2. The van der Waals surface area contributed by atoms with Crippen LogP contribution in [-0.4, -0.2) is 31.2 Å². The predicted octanol–water partition coefficient (Wildman–Crippen LogP) is 2.50. The average molecular weight is 307 g/mol. The molecule has 0 aromatic heterocycles. The van der Waals surface area contributed by atoms with E-state index in [0.29, 0.717) is 5.56 Å². The highest BCUT2D eigenvalue weighted by Gasteiger charge is 2.33. The molecule has 0 aliphatic rings. The van der Waals surface area contributed by atoms with E-state index in [4.69, 9.17) is 9.47 Å². The third-order valence-corrected chi connectivity index (χ3v) is 3.27. The molecular formula is C12H16BrFO3. The molecule has 0 bridgehead atoms. The third-order valence-electron chi connectivity index (χ3n) is 2.49. The Morgan fingerprint density at radius 2 is 2.00 bits per heavy atom. The molecule has 1 aromatic rings. The zero-order chi connectivity index (χ0) is 13.1. The first kappa shape index (κ1) is 14.6. The first-order valence-electron chi connectivity index (χ1n) is 5.12. The van der Waals surface area contributed by atoms with Gasteiger partial charge in [0.1, 0.15) is 11.4 Å². The second-order valence-corrected chi connectivity index (χ2v) is 4.93. The number of hydrogen-bond donors (Lipinski definition) is 1. The Morgan fingerprint density at radius 1 is 1.41 bits per heavy atom. The Balaban J connectivity index is 2.92. The van der Waals surface area contributed by atoms with Gasteiger partial charge < -0.3 is 14.6 Å². The summed E-state index contributed by atoms with van der Waals surface area (Å²) >= 11 is 3.32. The van der Waals surface area contributed by atoms with Crippen LogP contribution in [0.5, 0.6) is 0 Å². The van der Waals surface area contributed by atoms with Crippen LogP contribution in [0.4, 0.5) is 4.39 Å². The van der Waals surface area contributed by atoms with Crippen molar-refractivity contribution in [3.05, 3.63) is 34.1 Å². The van der Waals surface area contributed by atoms with Crippen LogP contribution in [0.25, 0.3) is 0 Å². The Labute approximate surface area is 109 Å². The van der Waals surface area contributed by atoms with Crippen molar-refractivity contribution in [1.82, 2.24) is 0 Å². The highest BCUT2D eigenvalue weighted by atomic mass is 79.9. The summed E-state index contributed by atoms with van der Waals surface area (Å²) in [5.41, 5.74) is -0.575. The van der Waals surface area contributed by atoms with Crippen molar-refractivity contribution in [2.24, 2.45) is 0 Å². The van der Waals surface area contributed by atoms with Crippen molar-refractivity contribution >= 4 is 15.9 Å². The minimum Gasteiger partial charge on any atom is -0.385 e. The van der Waals surface area contributed by atoms with Crippen LogP contribution in [0, 0.1) is 5.82 Å². The van der Waals surface area contributed by atoms with Crippen LogP contribution >= 0.6 is 15.9 Å². The second kappa shape index (κ2) is 5.91. The van der Waals surface area contributed by atoms with Gasteiger partial charge in [-0.3, -0.25) is 0 Å². The van der Waals surface area contributed by atoms with Crippen molar-refractivity contribution in [3.8, 4) is 0 Å². The molecule has 0 amide bonds. The number of benzene rings is 1. The smallest absolute Gasteiger partial charge is 0.185 e. The molecule has 0 aliphatic carbocycles. The second-order valence-electron chi connectivity index (χ2n) is 4.07. The van der Waals surface area contributed by atoms with Gasteiger partial charge in [-0.2, -0.15) is 0 Å². The molecule has 3 nitrogen and oxygen atoms in total. The van der Waals surface area contributed by atoms with E-state index >= 15 is 0 Å². The normalized spacial score (nSPS) is 15.0. The first-order chi connectivity index (χ1) is 7.90. The molecule has 0 aliphatic heterocycles. The lowest BCUT2D eigenvalue weighted by molar-refractivity contribution is -0.207. The summed E-state index contributed by atoms with van der Waals surface area (Å²) < 4.78 is 23.9. The molecule has 1 rings (SSSR count). The van der Waals surface area contributed by atoms with E-state index in [1.165, 1.54) is 26.4 Å². The van der Waals surface area contributed by atoms with E-state index in [2.05, 4.69) is 15.9 Å². The van der Waals surface area contributed by atoms with Crippen molar-refractivity contribution in [1.29, 1.82) is 0 Å². The quantitative estimate of drug-likeness (QED) is 0.850. The van der Waals surface area contributed by atoms with E-state index in [0.717, 1.165) is 4.47 Å². The van der Waals surface area contributed by atoms with Crippen LogP contribution in [0.3, 0.4) is 0 Å². The van der Waals surface area contributed by atoms with Crippen molar-refractivity contribution in [2.75, 3.05) is 14.2 Å². The molecule has 0 radical (unpaired) electrons. The summed E-state index contributed by atoms with van der Waals surface area (Å²) in [6.45, 7) is 1.59. The number of halogens is 2. The lowest BCUT2D eigenvalue weighted by Gasteiger charge is -2.30. The van der Waals surface area contributed by atoms with Gasteiger partial charge in [0.05, 0.1) is 0 Å².